The summed E-state index contributed by atoms with van der Waals surface area (Å²) in [5, 5.41) is 5.89. The van der Waals surface area contributed by atoms with Gasteiger partial charge in [0.1, 0.15) is 17.3 Å². The Morgan fingerprint density at radius 2 is 1.70 bits per heavy atom. The maximum Gasteiger partial charge on any atom is 0.149 e. The zero-order valence-electron chi connectivity index (χ0n) is 10.1. The van der Waals surface area contributed by atoms with Gasteiger partial charge >= 0.3 is 0 Å². The maximum atomic E-state index is 5.98. The Labute approximate surface area is 137 Å². The number of hydrogen-bond donors (Lipinski definition) is 1. The SMILES string of the molecule is Clc1ncnc(Nc2ccc(Br)c3ccccc23)c1Br. The van der Waals surface area contributed by atoms with Crippen molar-refractivity contribution in [1.82, 2.24) is 9.97 Å². The number of anilines is 2. The summed E-state index contributed by atoms with van der Waals surface area (Å²) in [4.78, 5) is 8.12. The summed E-state index contributed by atoms with van der Waals surface area (Å²) in [7, 11) is 0. The minimum atomic E-state index is 0.379. The van der Waals surface area contributed by atoms with Crippen molar-refractivity contribution in [2.24, 2.45) is 0 Å². The van der Waals surface area contributed by atoms with Gasteiger partial charge in [-0.25, -0.2) is 9.97 Å². The van der Waals surface area contributed by atoms with Gasteiger partial charge in [0, 0.05) is 15.5 Å². The predicted octanol–water partition coefficient (Wildman–Crippen LogP) is 5.55. The van der Waals surface area contributed by atoms with Crippen LogP contribution < -0.4 is 5.32 Å². The summed E-state index contributed by atoms with van der Waals surface area (Å²) < 4.78 is 1.70. The van der Waals surface area contributed by atoms with Crippen LogP contribution in [0, 0.1) is 0 Å². The third kappa shape index (κ3) is 2.53. The van der Waals surface area contributed by atoms with E-state index < -0.39 is 0 Å². The topological polar surface area (TPSA) is 37.8 Å². The second kappa shape index (κ2) is 5.68. The average Bonchev–Trinajstić information content (AvgIpc) is 2.47. The molecule has 2 aromatic carbocycles. The van der Waals surface area contributed by atoms with Crippen molar-refractivity contribution in [3.8, 4) is 0 Å². The van der Waals surface area contributed by atoms with Gasteiger partial charge in [-0.3, -0.25) is 0 Å². The van der Waals surface area contributed by atoms with E-state index in [9.17, 15) is 0 Å². The van der Waals surface area contributed by atoms with Gasteiger partial charge in [-0.15, -0.1) is 0 Å². The average molecular weight is 414 g/mol. The monoisotopic (exact) mass is 411 g/mol. The molecule has 1 N–H and O–H groups in total. The first-order valence-electron chi connectivity index (χ1n) is 5.77. The lowest BCUT2D eigenvalue weighted by atomic mass is 10.1. The number of nitrogens with zero attached hydrogens (tertiary/aromatic N) is 2. The lowest BCUT2D eigenvalue weighted by Crippen LogP contribution is -1.97. The van der Waals surface area contributed by atoms with E-state index in [-0.39, 0.29) is 0 Å². The van der Waals surface area contributed by atoms with Crippen LogP contribution >= 0.6 is 43.5 Å². The first kappa shape index (κ1) is 13.8. The van der Waals surface area contributed by atoms with Crippen LogP contribution in [-0.2, 0) is 0 Å². The molecule has 0 amide bonds. The van der Waals surface area contributed by atoms with Crippen LogP contribution in [0.3, 0.4) is 0 Å². The molecule has 0 fully saturated rings. The molecule has 0 aliphatic rings. The first-order chi connectivity index (χ1) is 9.66. The van der Waals surface area contributed by atoms with E-state index in [1.165, 1.54) is 6.33 Å². The normalized spacial score (nSPS) is 10.8. The molecule has 6 heteroatoms. The Bertz CT molecular complexity index is 792. The van der Waals surface area contributed by atoms with Crippen LogP contribution in [0.1, 0.15) is 0 Å². The van der Waals surface area contributed by atoms with Gasteiger partial charge in [0.2, 0.25) is 0 Å². The Morgan fingerprint density at radius 1 is 0.950 bits per heavy atom. The summed E-state index contributed by atoms with van der Waals surface area (Å²) in [5.41, 5.74) is 0.958. The molecule has 3 nitrogen and oxygen atoms in total. The maximum absolute atomic E-state index is 5.98. The molecule has 0 unspecified atom stereocenters. The molecule has 100 valence electrons. The van der Waals surface area contributed by atoms with Crippen molar-refractivity contribution < 1.29 is 0 Å². The van der Waals surface area contributed by atoms with Crippen LogP contribution in [-0.4, -0.2) is 9.97 Å². The van der Waals surface area contributed by atoms with Gasteiger partial charge in [-0.05, 0) is 33.4 Å². The molecule has 0 aliphatic heterocycles. The van der Waals surface area contributed by atoms with Crippen molar-refractivity contribution in [2.75, 3.05) is 5.32 Å². The Kier molecular flexibility index (Phi) is 3.92. The van der Waals surface area contributed by atoms with E-state index in [0.29, 0.717) is 15.4 Å². The fraction of sp³-hybridized carbons (Fsp3) is 0. The van der Waals surface area contributed by atoms with E-state index in [2.05, 4.69) is 59.3 Å². The quantitative estimate of drug-likeness (QED) is 0.560. The highest BCUT2D eigenvalue weighted by Gasteiger charge is 2.09. The molecule has 3 aromatic rings. The number of halogens is 3. The third-order valence-electron chi connectivity index (χ3n) is 2.87. The molecule has 1 aromatic heterocycles. The molecule has 0 aliphatic carbocycles. The number of rotatable bonds is 2. The zero-order chi connectivity index (χ0) is 14.1. The largest absolute Gasteiger partial charge is 0.339 e. The van der Waals surface area contributed by atoms with Crippen molar-refractivity contribution in [2.45, 2.75) is 0 Å². The lowest BCUT2D eigenvalue weighted by Gasteiger charge is -2.11. The molecule has 0 radical (unpaired) electrons. The molecular formula is C14H8Br2ClN3. The summed E-state index contributed by atoms with van der Waals surface area (Å²) >= 11 is 12.9. The van der Waals surface area contributed by atoms with Gasteiger partial charge in [0.25, 0.3) is 0 Å². The van der Waals surface area contributed by atoms with Crippen LogP contribution in [0.2, 0.25) is 5.15 Å². The second-order valence-electron chi connectivity index (χ2n) is 4.09. The highest BCUT2D eigenvalue weighted by atomic mass is 79.9. The Morgan fingerprint density at radius 3 is 2.50 bits per heavy atom. The van der Waals surface area contributed by atoms with Crippen LogP contribution in [0.15, 0.2) is 51.7 Å². The summed E-state index contributed by atoms with van der Waals surface area (Å²) in [6.45, 7) is 0. The highest BCUT2D eigenvalue weighted by molar-refractivity contribution is 9.11. The molecule has 1 heterocycles. The van der Waals surface area contributed by atoms with Crippen LogP contribution in [0.4, 0.5) is 11.5 Å². The van der Waals surface area contributed by atoms with Crippen LogP contribution in [0.25, 0.3) is 10.8 Å². The van der Waals surface area contributed by atoms with Crippen molar-refractivity contribution >= 4 is 65.7 Å². The van der Waals surface area contributed by atoms with Crippen molar-refractivity contribution in [3.63, 3.8) is 0 Å². The summed E-state index contributed by atoms with van der Waals surface area (Å²) in [6.07, 6.45) is 1.43. The van der Waals surface area contributed by atoms with E-state index in [0.717, 1.165) is 20.9 Å². The van der Waals surface area contributed by atoms with Gasteiger partial charge in [-0.1, -0.05) is 51.8 Å². The predicted molar refractivity (Wildman–Crippen MR) is 89.7 cm³/mol. The van der Waals surface area contributed by atoms with E-state index in [1.807, 2.05) is 24.3 Å². The smallest absolute Gasteiger partial charge is 0.149 e. The summed E-state index contributed by atoms with van der Waals surface area (Å²) in [6, 6.07) is 12.1. The van der Waals surface area contributed by atoms with Gasteiger partial charge < -0.3 is 5.32 Å². The molecule has 0 spiro atoms. The molecule has 0 atom stereocenters. The minimum absolute atomic E-state index is 0.379. The Hall–Kier alpha value is -1.17. The van der Waals surface area contributed by atoms with Gasteiger partial charge in [0.15, 0.2) is 0 Å². The number of fused-ring (bicyclic) bond motifs is 1. The van der Waals surface area contributed by atoms with Gasteiger partial charge in [-0.2, -0.15) is 0 Å². The summed E-state index contributed by atoms with van der Waals surface area (Å²) in [5.74, 6) is 0.637. The van der Waals surface area contributed by atoms with Crippen molar-refractivity contribution in [3.05, 3.63) is 56.8 Å². The van der Waals surface area contributed by atoms with Gasteiger partial charge in [0.05, 0.1) is 4.47 Å². The molecule has 0 bridgehead atoms. The van der Waals surface area contributed by atoms with Crippen LogP contribution in [0.5, 0.6) is 0 Å². The molecule has 3 rings (SSSR count). The number of hydrogen-bond acceptors (Lipinski definition) is 3. The second-order valence-corrected chi connectivity index (χ2v) is 6.10. The zero-order valence-corrected chi connectivity index (χ0v) is 14.0. The third-order valence-corrected chi connectivity index (χ3v) is 4.83. The number of aromatic nitrogens is 2. The molecule has 0 saturated carbocycles. The standard InChI is InChI=1S/C14H8Br2ClN3/c15-10-5-6-11(9-4-2-1-3-8(9)10)20-14-12(16)13(17)18-7-19-14/h1-7H,(H,18,19,20). The molecule has 20 heavy (non-hydrogen) atoms. The number of nitrogens with one attached hydrogen (secondary N) is 1. The Balaban J connectivity index is 2.12. The number of benzene rings is 2. The fourth-order valence-electron chi connectivity index (χ4n) is 1.93. The minimum Gasteiger partial charge on any atom is -0.339 e. The van der Waals surface area contributed by atoms with Crippen molar-refractivity contribution in [1.29, 1.82) is 0 Å². The molecular weight excluding hydrogens is 405 g/mol. The van der Waals surface area contributed by atoms with E-state index in [1.54, 1.807) is 0 Å². The fourth-order valence-corrected chi connectivity index (χ4v) is 2.85. The highest BCUT2D eigenvalue weighted by Crippen LogP contribution is 2.34. The first-order valence-corrected chi connectivity index (χ1v) is 7.73. The van der Waals surface area contributed by atoms with E-state index in [4.69, 9.17) is 11.6 Å². The lowest BCUT2D eigenvalue weighted by molar-refractivity contribution is 1.15. The van der Waals surface area contributed by atoms with E-state index >= 15 is 0 Å². The molecule has 0 saturated heterocycles.